The Labute approximate surface area is 208 Å². The molecule has 6 nitrogen and oxygen atoms in total. The summed E-state index contributed by atoms with van der Waals surface area (Å²) in [6.07, 6.45) is 0. The Morgan fingerprint density at radius 1 is 0.444 bits per heavy atom. The molecular weight excluding hydrogens is 456 g/mol. The first-order valence-corrected chi connectivity index (χ1v) is 11.1. The lowest BCUT2D eigenvalue weighted by atomic mass is 9.96. The summed E-state index contributed by atoms with van der Waals surface area (Å²) in [5.74, 6) is -1.48. The van der Waals surface area contributed by atoms with E-state index in [-0.39, 0.29) is 22.3 Å². The smallest absolute Gasteiger partial charge is 0.233 e. The Kier molecular flexibility index (Phi) is 7.16. The molecule has 0 aliphatic carbocycles. The second-order valence-corrected chi connectivity index (χ2v) is 7.94. The van der Waals surface area contributed by atoms with Crippen LogP contribution in [0.3, 0.4) is 0 Å². The van der Waals surface area contributed by atoms with Crippen LogP contribution in [-0.4, -0.2) is 37.4 Å². The van der Waals surface area contributed by atoms with Gasteiger partial charge in [0.15, 0.2) is 0 Å². The maximum absolute atomic E-state index is 12.7. The molecule has 0 heterocycles. The minimum Gasteiger partial charge on any atom is -0.497 e. The second kappa shape index (κ2) is 10.6. The highest BCUT2D eigenvalue weighted by Crippen LogP contribution is 2.23. The minimum atomic E-state index is -0.620. The van der Waals surface area contributed by atoms with Crippen molar-refractivity contribution in [3.8, 4) is 22.6 Å². The van der Waals surface area contributed by atoms with E-state index in [0.717, 1.165) is 11.1 Å². The summed E-state index contributed by atoms with van der Waals surface area (Å²) in [5.41, 5.74) is 2.63. The highest BCUT2D eigenvalue weighted by atomic mass is 16.5. The van der Waals surface area contributed by atoms with Crippen molar-refractivity contribution in [2.75, 3.05) is 14.2 Å². The summed E-state index contributed by atoms with van der Waals surface area (Å²) in [5, 5.41) is 0. The summed E-state index contributed by atoms with van der Waals surface area (Å²) in [4.78, 5) is 50.5. The molecule has 0 bridgehead atoms. The minimum absolute atomic E-state index is 0.257. The molecule has 0 aliphatic rings. The number of Topliss-reactive ketones (excluding diaryl/α,β-unsaturated/α-hetero) is 4. The number of methoxy groups -OCH3 is 2. The van der Waals surface area contributed by atoms with E-state index in [0.29, 0.717) is 11.5 Å². The van der Waals surface area contributed by atoms with E-state index in [1.54, 1.807) is 84.9 Å². The SMILES string of the molecule is COc1cccc(C(=O)C(=O)c2ccc(-c3ccc(C(=O)C(=O)c4cccc(OC)c4)cc3)cc2)c1. The van der Waals surface area contributed by atoms with E-state index < -0.39 is 23.1 Å². The molecule has 0 saturated carbocycles. The normalized spacial score (nSPS) is 10.4. The van der Waals surface area contributed by atoms with Gasteiger partial charge in [0.25, 0.3) is 0 Å². The van der Waals surface area contributed by atoms with Crippen LogP contribution in [-0.2, 0) is 0 Å². The van der Waals surface area contributed by atoms with Crippen LogP contribution in [0.2, 0.25) is 0 Å². The lowest BCUT2D eigenvalue weighted by Crippen LogP contribution is -2.14. The van der Waals surface area contributed by atoms with E-state index in [1.807, 2.05) is 0 Å². The maximum Gasteiger partial charge on any atom is 0.233 e. The zero-order valence-corrected chi connectivity index (χ0v) is 19.7. The monoisotopic (exact) mass is 478 g/mol. The molecule has 0 N–H and O–H groups in total. The van der Waals surface area contributed by atoms with Crippen LogP contribution >= 0.6 is 0 Å². The number of hydrogen-bond acceptors (Lipinski definition) is 6. The molecule has 0 spiro atoms. The number of benzene rings is 4. The first-order valence-electron chi connectivity index (χ1n) is 11.1. The fraction of sp³-hybridized carbons (Fsp3) is 0.0667. The molecule has 4 rings (SSSR count). The van der Waals surface area contributed by atoms with Crippen LogP contribution in [0.25, 0.3) is 11.1 Å². The van der Waals surface area contributed by atoms with Crippen molar-refractivity contribution in [3.63, 3.8) is 0 Å². The van der Waals surface area contributed by atoms with Gasteiger partial charge in [-0.15, -0.1) is 0 Å². The summed E-state index contributed by atoms with van der Waals surface area (Å²) in [7, 11) is 2.98. The first kappa shape index (κ1) is 24.3. The molecular formula is C30H22O6. The molecule has 0 saturated heterocycles. The number of ketones is 4. The van der Waals surface area contributed by atoms with Crippen molar-refractivity contribution in [3.05, 3.63) is 119 Å². The van der Waals surface area contributed by atoms with E-state index in [2.05, 4.69) is 0 Å². The topological polar surface area (TPSA) is 86.7 Å². The summed E-state index contributed by atoms with van der Waals surface area (Å²) >= 11 is 0. The molecule has 0 radical (unpaired) electrons. The van der Waals surface area contributed by atoms with Gasteiger partial charge >= 0.3 is 0 Å². The molecule has 4 aromatic carbocycles. The van der Waals surface area contributed by atoms with Crippen LogP contribution in [0.5, 0.6) is 11.5 Å². The van der Waals surface area contributed by atoms with Gasteiger partial charge in [-0.05, 0) is 35.4 Å². The fourth-order valence-electron chi connectivity index (χ4n) is 3.68. The number of ether oxygens (including phenoxy) is 2. The predicted octanol–water partition coefficient (Wildman–Crippen LogP) is 5.50. The van der Waals surface area contributed by atoms with E-state index >= 15 is 0 Å². The standard InChI is InChI=1S/C30H22O6/c1-35-25-7-3-5-23(17-25)29(33)27(31)21-13-9-19(10-14-21)20-11-15-22(16-12-20)28(32)30(34)24-6-4-8-26(18-24)36-2/h3-18H,1-2H3. The average molecular weight is 479 g/mol. The summed E-state index contributed by atoms with van der Waals surface area (Å²) < 4.78 is 10.2. The molecule has 0 amide bonds. The Balaban J connectivity index is 1.48. The van der Waals surface area contributed by atoms with Crippen molar-refractivity contribution in [1.82, 2.24) is 0 Å². The quantitative estimate of drug-likeness (QED) is 0.233. The number of carbonyl (C=O) groups excluding carboxylic acids is 4. The Morgan fingerprint density at radius 2 is 0.778 bits per heavy atom. The molecule has 0 aliphatic heterocycles. The molecule has 4 aromatic rings. The van der Waals surface area contributed by atoms with Crippen molar-refractivity contribution in [1.29, 1.82) is 0 Å². The van der Waals surface area contributed by atoms with Crippen molar-refractivity contribution >= 4 is 23.1 Å². The van der Waals surface area contributed by atoms with E-state index in [9.17, 15) is 19.2 Å². The number of hydrogen-bond donors (Lipinski definition) is 0. The molecule has 36 heavy (non-hydrogen) atoms. The third kappa shape index (κ3) is 5.13. The summed E-state index contributed by atoms with van der Waals surface area (Å²) in [6.45, 7) is 0. The third-order valence-electron chi connectivity index (χ3n) is 5.70. The van der Waals surface area contributed by atoms with Gasteiger partial charge in [0.2, 0.25) is 23.1 Å². The third-order valence-corrected chi connectivity index (χ3v) is 5.70. The predicted molar refractivity (Wildman–Crippen MR) is 135 cm³/mol. The van der Waals surface area contributed by atoms with E-state index in [1.165, 1.54) is 26.4 Å². The fourth-order valence-corrected chi connectivity index (χ4v) is 3.68. The zero-order valence-electron chi connectivity index (χ0n) is 19.7. The Morgan fingerprint density at radius 3 is 1.11 bits per heavy atom. The Bertz CT molecular complexity index is 1340. The largest absolute Gasteiger partial charge is 0.497 e. The van der Waals surface area contributed by atoms with Crippen LogP contribution < -0.4 is 9.47 Å². The van der Waals surface area contributed by atoms with Crippen molar-refractivity contribution in [2.45, 2.75) is 0 Å². The van der Waals surface area contributed by atoms with Gasteiger partial charge in [0.1, 0.15) is 11.5 Å². The van der Waals surface area contributed by atoms with Crippen LogP contribution in [0.4, 0.5) is 0 Å². The van der Waals surface area contributed by atoms with Crippen LogP contribution in [0.1, 0.15) is 41.4 Å². The molecule has 0 unspecified atom stereocenters. The highest BCUT2D eigenvalue weighted by molar-refractivity contribution is 6.49. The van der Waals surface area contributed by atoms with E-state index in [4.69, 9.17) is 9.47 Å². The molecule has 0 fully saturated rings. The van der Waals surface area contributed by atoms with Crippen LogP contribution in [0.15, 0.2) is 97.1 Å². The van der Waals surface area contributed by atoms with Gasteiger partial charge in [-0.25, -0.2) is 0 Å². The first-order chi connectivity index (χ1) is 17.4. The molecule has 178 valence electrons. The lowest BCUT2D eigenvalue weighted by Gasteiger charge is -2.07. The van der Waals surface area contributed by atoms with Gasteiger partial charge in [0.05, 0.1) is 14.2 Å². The van der Waals surface area contributed by atoms with Gasteiger partial charge in [-0.2, -0.15) is 0 Å². The molecule has 0 aromatic heterocycles. The maximum atomic E-state index is 12.7. The van der Waals surface area contributed by atoms with Gasteiger partial charge in [0, 0.05) is 22.3 Å². The van der Waals surface area contributed by atoms with Crippen LogP contribution in [0, 0.1) is 0 Å². The van der Waals surface area contributed by atoms with Crippen molar-refractivity contribution < 1.29 is 28.7 Å². The number of carbonyl (C=O) groups is 4. The molecule has 6 heteroatoms. The van der Waals surface area contributed by atoms with Crippen molar-refractivity contribution in [2.24, 2.45) is 0 Å². The zero-order chi connectivity index (χ0) is 25.7. The highest BCUT2D eigenvalue weighted by Gasteiger charge is 2.20. The van der Waals surface area contributed by atoms with Gasteiger partial charge < -0.3 is 9.47 Å². The van der Waals surface area contributed by atoms with Gasteiger partial charge in [-0.3, -0.25) is 19.2 Å². The van der Waals surface area contributed by atoms with Gasteiger partial charge in [-0.1, -0.05) is 72.8 Å². The Hall–Kier alpha value is -4.84. The molecule has 0 atom stereocenters. The average Bonchev–Trinajstić information content (AvgIpc) is 2.95. The lowest BCUT2D eigenvalue weighted by molar-refractivity contribution is 0.0817. The second-order valence-electron chi connectivity index (χ2n) is 7.94. The number of rotatable bonds is 9. The summed E-state index contributed by atoms with van der Waals surface area (Å²) in [6, 6.07) is 26.1.